The Morgan fingerprint density at radius 1 is 1.50 bits per heavy atom. The molecule has 0 spiro atoms. The van der Waals surface area contributed by atoms with Crippen molar-refractivity contribution in [1.82, 2.24) is 5.32 Å². The van der Waals surface area contributed by atoms with Crippen molar-refractivity contribution in [3.8, 4) is 0 Å². The minimum absolute atomic E-state index is 0. The molecule has 0 aliphatic heterocycles. The average Bonchev–Trinajstić information content (AvgIpc) is 2.01. The summed E-state index contributed by atoms with van der Waals surface area (Å²) >= 11 is 0. The number of carbonyl (C=O) groups is 1. The topological polar surface area (TPSA) is 95.5 Å². The fourth-order valence-electron chi connectivity index (χ4n) is 0.785. The quantitative estimate of drug-likeness (QED) is 0.231. The van der Waals surface area contributed by atoms with Gasteiger partial charge in [0.25, 0.3) is 0 Å². The van der Waals surface area contributed by atoms with E-state index in [2.05, 4.69) is 10.1 Å². The summed E-state index contributed by atoms with van der Waals surface area (Å²) in [5.41, 5.74) is 0.456. The minimum Gasteiger partial charge on any atom is -0.748 e. The van der Waals surface area contributed by atoms with Crippen molar-refractivity contribution >= 4 is 16.1 Å². The molecule has 0 saturated heterocycles. The fraction of sp³-hybridized carbons (Fsp3) is 0.625. The zero-order chi connectivity index (χ0) is 11.9. The Labute approximate surface area is 117 Å². The summed E-state index contributed by atoms with van der Waals surface area (Å²) in [6, 6.07) is 0. The van der Waals surface area contributed by atoms with Crippen molar-refractivity contribution in [1.29, 1.82) is 0 Å². The molecule has 0 fully saturated rings. The molecule has 0 unspecified atom stereocenters. The van der Waals surface area contributed by atoms with Gasteiger partial charge in [0.15, 0.2) is 0 Å². The minimum atomic E-state index is -4.21. The summed E-state index contributed by atoms with van der Waals surface area (Å²) in [6.07, 6.45) is 1.20. The number of carbonyl (C=O) groups excluding carboxylic acids is 1. The Hall–Kier alpha value is -0.0800. The SMILES string of the molecule is CCOC(=O)C=C(C)NCCS(=O)(=O)[O-].[Na+]. The van der Waals surface area contributed by atoms with Gasteiger partial charge in [-0.15, -0.1) is 0 Å². The molecule has 0 aliphatic rings. The molecule has 0 saturated carbocycles. The second kappa shape index (κ2) is 9.00. The van der Waals surface area contributed by atoms with Crippen LogP contribution in [0.25, 0.3) is 0 Å². The first-order chi connectivity index (χ1) is 6.85. The zero-order valence-electron chi connectivity index (χ0n) is 9.65. The van der Waals surface area contributed by atoms with Gasteiger partial charge in [-0.25, -0.2) is 13.2 Å². The van der Waals surface area contributed by atoms with Gasteiger partial charge < -0.3 is 14.6 Å². The zero-order valence-corrected chi connectivity index (χ0v) is 12.5. The average molecular weight is 259 g/mol. The van der Waals surface area contributed by atoms with E-state index in [1.807, 2.05) is 0 Å². The summed E-state index contributed by atoms with van der Waals surface area (Å²) in [4.78, 5) is 10.9. The van der Waals surface area contributed by atoms with Crippen LogP contribution in [-0.4, -0.2) is 37.8 Å². The second-order valence-corrected chi connectivity index (χ2v) is 4.29. The summed E-state index contributed by atoms with van der Waals surface area (Å²) in [7, 11) is -4.21. The first-order valence-electron chi connectivity index (χ1n) is 4.37. The molecule has 88 valence electrons. The van der Waals surface area contributed by atoms with Gasteiger partial charge in [-0.1, -0.05) is 0 Å². The molecule has 8 heteroatoms. The predicted molar refractivity (Wildman–Crippen MR) is 53.0 cm³/mol. The largest absolute Gasteiger partial charge is 1.00 e. The summed E-state index contributed by atoms with van der Waals surface area (Å²) in [6.45, 7) is 3.51. The fourth-order valence-corrected chi connectivity index (χ4v) is 1.14. The van der Waals surface area contributed by atoms with Crippen LogP contribution >= 0.6 is 0 Å². The number of rotatable bonds is 6. The van der Waals surface area contributed by atoms with Gasteiger partial charge in [-0.3, -0.25) is 0 Å². The van der Waals surface area contributed by atoms with Crippen molar-refractivity contribution in [2.24, 2.45) is 0 Å². The van der Waals surface area contributed by atoms with Gasteiger partial charge >= 0.3 is 35.5 Å². The van der Waals surface area contributed by atoms with E-state index >= 15 is 0 Å². The van der Waals surface area contributed by atoms with E-state index in [0.717, 1.165) is 0 Å². The molecule has 0 aliphatic carbocycles. The molecule has 0 radical (unpaired) electrons. The molecule has 1 N–H and O–H groups in total. The van der Waals surface area contributed by atoms with E-state index in [1.54, 1.807) is 13.8 Å². The van der Waals surface area contributed by atoms with E-state index < -0.39 is 21.8 Å². The van der Waals surface area contributed by atoms with Crippen LogP contribution in [0.4, 0.5) is 0 Å². The van der Waals surface area contributed by atoms with E-state index in [9.17, 15) is 17.8 Å². The molecule has 0 aromatic heterocycles. The third-order valence-electron chi connectivity index (χ3n) is 1.38. The molecule has 0 aromatic carbocycles. The molecule has 0 atom stereocenters. The van der Waals surface area contributed by atoms with Gasteiger partial charge in [0.05, 0.1) is 22.5 Å². The van der Waals surface area contributed by atoms with Crippen molar-refractivity contribution < 1.29 is 52.1 Å². The number of ether oxygens (including phenoxy) is 1. The molecule has 0 heterocycles. The first-order valence-corrected chi connectivity index (χ1v) is 5.95. The van der Waals surface area contributed by atoms with Gasteiger partial charge in [0.1, 0.15) is 0 Å². The summed E-state index contributed by atoms with van der Waals surface area (Å²) in [5.74, 6) is -1.02. The van der Waals surface area contributed by atoms with Crippen LogP contribution in [0, 0.1) is 0 Å². The summed E-state index contributed by atoms with van der Waals surface area (Å²) in [5, 5.41) is 2.61. The molecule has 6 nitrogen and oxygen atoms in total. The summed E-state index contributed by atoms with van der Waals surface area (Å²) < 4.78 is 35.3. The van der Waals surface area contributed by atoms with Gasteiger partial charge in [0.2, 0.25) is 0 Å². The van der Waals surface area contributed by atoms with Crippen LogP contribution in [-0.2, 0) is 19.6 Å². The van der Waals surface area contributed by atoms with Crippen LogP contribution in [0.1, 0.15) is 13.8 Å². The third kappa shape index (κ3) is 12.0. The smallest absolute Gasteiger partial charge is 0.748 e. The number of allylic oxidation sites excluding steroid dienone is 1. The number of hydrogen-bond acceptors (Lipinski definition) is 6. The third-order valence-corrected chi connectivity index (χ3v) is 2.08. The van der Waals surface area contributed by atoms with Crippen molar-refractivity contribution in [3.05, 3.63) is 11.8 Å². The first kappa shape index (κ1) is 18.3. The maximum absolute atomic E-state index is 10.9. The van der Waals surface area contributed by atoms with E-state index in [4.69, 9.17) is 0 Å². The molecule has 16 heavy (non-hydrogen) atoms. The molecule has 0 aromatic rings. The standard InChI is InChI=1S/C8H15NO5S.Na/c1-3-14-8(10)6-7(2)9-4-5-15(11,12)13;/h6,9H,3-5H2,1-2H3,(H,11,12,13);/q;+1/p-1. The van der Waals surface area contributed by atoms with E-state index in [0.29, 0.717) is 5.70 Å². The van der Waals surface area contributed by atoms with Gasteiger partial charge in [0, 0.05) is 18.3 Å². The number of nitrogens with one attached hydrogen (secondary N) is 1. The molecule has 0 bridgehead atoms. The monoisotopic (exact) mass is 259 g/mol. The van der Waals surface area contributed by atoms with Crippen molar-refractivity contribution in [2.45, 2.75) is 13.8 Å². The van der Waals surface area contributed by atoms with Gasteiger partial charge in [-0.05, 0) is 13.8 Å². The predicted octanol–water partition coefficient (Wildman–Crippen LogP) is -3.41. The Morgan fingerprint density at radius 3 is 2.50 bits per heavy atom. The molecule has 0 amide bonds. The van der Waals surface area contributed by atoms with E-state index in [1.165, 1.54) is 6.08 Å². The number of hydrogen-bond donors (Lipinski definition) is 1. The van der Waals surface area contributed by atoms with Crippen LogP contribution in [0.2, 0.25) is 0 Å². The van der Waals surface area contributed by atoms with Crippen LogP contribution < -0.4 is 34.9 Å². The Morgan fingerprint density at radius 2 is 2.06 bits per heavy atom. The Kier molecular flexibility index (Phi) is 10.3. The Bertz CT molecular complexity index is 338. The second-order valence-electron chi connectivity index (χ2n) is 2.77. The van der Waals surface area contributed by atoms with E-state index in [-0.39, 0.29) is 42.7 Å². The maximum Gasteiger partial charge on any atom is 1.00 e. The molecule has 0 rings (SSSR count). The molecular weight excluding hydrogens is 245 g/mol. The molecular formula is C8H14NNaO5S. The normalized spacial score (nSPS) is 11.6. The Balaban J connectivity index is 0. The van der Waals surface area contributed by atoms with Gasteiger partial charge in [-0.2, -0.15) is 0 Å². The van der Waals surface area contributed by atoms with Crippen molar-refractivity contribution in [2.75, 3.05) is 18.9 Å². The number of esters is 1. The van der Waals surface area contributed by atoms with Crippen LogP contribution in [0.15, 0.2) is 11.8 Å². The van der Waals surface area contributed by atoms with Crippen LogP contribution in [0.3, 0.4) is 0 Å². The van der Waals surface area contributed by atoms with Crippen LogP contribution in [0.5, 0.6) is 0 Å². The van der Waals surface area contributed by atoms with Crippen molar-refractivity contribution in [3.63, 3.8) is 0 Å². The maximum atomic E-state index is 10.9.